The molecule has 3 nitrogen and oxygen atoms in total. The second-order valence-electron chi connectivity index (χ2n) is 4.08. The van der Waals surface area contributed by atoms with Crippen LogP contribution in [0, 0.1) is 5.92 Å². The summed E-state index contributed by atoms with van der Waals surface area (Å²) in [5.74, 6) is 1.93. The van der Waals surface area contributed by atoms with E-state index in [9.17, 15) is 0 Å². The van der Waals surface area contributed by atoms with Crippen LogP contribution in [0.15, 0.2) is 17.0 Å². The van der Waals surface area contributed by atoms with Gasteiger partial charge in [0, 0.05) is 19.3 Å². The van der Waals surface area contributed by atoms with E-state index in [1.165, 1.54) is 12.8 Å². The van der Waals surface area contributed by atoms with Gasteiger partial charge in [0.15, 0.2) is 0 Å². The lowest BCUT2D eigenvalue weighted by atomic mass is 10.3. The van der Waals surface area contributed by atoms with Crippen LogP contribution in [-0.4, -0.2) is 23.1 Å². The first-order chi connectivity index (χ1) is 7.31. The average molecular weight is 270 g/mol. The second kappa shape index (κ2) is 4.92. The van der Waals surface area contributed by atoms with E-state index in [2.05, 4.69) is 37.7 Å². The summed E-state index contributed by atoms with van der Waals surface area (Å²) in [6.07, 6.45) is 7.35. The van der Waals surface area contributed by atoms with Crippen LogP contribution in [-0.2, 0) is 0 Å². The molecule has 0 aromatic carbocycles. The zero-order valence-electron chi connectivity index (χ0n) is 8.99. The molecule has 1 heterocycles. The van der Waals surface area contributed by atoms with Crippen molar-refractivity contribution in [1.29, 1.82) is 0 Å². The Bertz CT molecular complexity index is 325. The lowest BCUT2D eigenvalue weighted by Gasteiger charge is -2.23. The van der Waals surface area contributed by atoms with Crippen molar-refractivity contribution >= 4 is 21.7 Å². The molecule has 0 unspecified atom stereocenters. The molecule has 15 heavy (non-hydrogen) atoms. The summed E-state index contributed by atoms with van der Waals surface area (Å²) in [6.45, 7) is 4.42. The van der Waals surface area contributed by atoms with E-state index in [0.717, 1.165) is 35.7 Å². The average Bonchev–Trinajstić information content (AvgIpc) is 3.02. The lowest BCUT2D eigenvalue weighted by Crippen LogP contribution is -2.27. The molecular formula is C11H16BrN3. The van der Waals surface area contributed by atoms with Gasteiger partial charge in [-0.25, -0.2) is 9.97 Å². The van der Waals surface area contributed by atoms with Gasteiger partial charge in [0.2, 0.25) is 0 Å². The Morgan fingerprint density at radius 1 is 1.53 bits per heavy atom. The number of nitrogens with zero attached hydrogens (tertiary/aromatic N) is 3. The van der Waals surface area contributed by atoms with Gasteiger partial charge >= 0.3 is 0 Å². The predicted octanol–water partition coefficient (Wildman–Crippen LogP) is 2.87. The molecule has 0 radical (unpaired) electrons. The van der Waals surface area contributed by atoms with E-state index in [0.29, 0.717) is 0 Å². The molecule has 1 aliphatic carbocycles. The highest BCUT2D eigenvalue weighted by Gasteiger charge is 2.25. The van der Waals surface area contributed by atoms with Gasteiger partial charge in [0.05, 0.1) is 4.47 Å². The maximum absolute atomic E-state index is 4.35. The lowest BCUT2D eigenvalue weighted by molar-refractivity contribution is 0.696. The summed E-state index contributed by atoms with van der Waals surface area (Å²) < 4.78 is 0.999. The zero-order valence-corrected chi connectivity index (χ0v) is 10.6. The molecular weight excluding hydrogens is 254 g/mol. The maximum Gasteiger partial charge on any atom is 0.146 e. The molecule has 4 heteroatoms. The monoisotopic (exact) mass is 269 g/mol. The van der Waals surface area contributed by atoms with Crippen molar-refractivity contribution in [3.05, 3.63) is 17.0 Å². The van der Waals surface area contributed by atoms with Crippen LogP contribution in [0.1, 0.15) is 26.2 Å². The molecule has 82 valence electrons. The fourth-order valence-electron chi connectivity index (χ4n) is 1.70. The van der Waals surface area contributed by atoms with Gasteiger partial charge in [-0.15, -0.1) is 0 Å². The molecule has 0 bridgehead atoms. The molecule has 0 atom stereocenters. The van der Waals surface area contributed by atoms with E-state index >= 15 is 0 Å². The first-order valence-corrected chi connectivity index (χ1v) is 6.31. The quantitative estimate of drug-likeness (QED) is 0.823. The SMILES string of the molecule is CCCN(CC1CC1)c1ncncc1Br. The van der Waals surface area contributed by atoms with E-state index in [1.807, 2.05) is 6.20 Å². The molecule has 0 saturated heterocycles. The van der Waals surface area contributed by atoms with Crippen molar-refractivity contribution in [3.8, 4) is 0 Å². The van der Waals surface area contributed by atoms with Gasteiger partial charge in [-0.3, -0.25) is 0 Å². The molecule has 2 rings (SSSR count). The Balaban J connectivity index is 2.11. The predicted molar refractivity (Wildman–Crippen MR) is 65.0 cm³/mol. The van der Waals surface area contributed by atoms with E-state index in [-0.39, 0.29) is 0 Å². The minimum Gasteiger partial charge on any atom is -0.355 e. The van der Waals surface area contributed by atoms with Crippen LogP contribution < -0.4 is 4.90 Å². The van der Waals surface area contributed by atoms with Gasteiger partial charge in [-0.2, -0.15) is 0 Å². The summed E-state index contributed by atoms with van der Waals surface area (Å²) in [5, 5.41) is 0. The summed E-state index contributed by atoms with van der Waals surface area (Å²) >= 11 is 3.51. The van der Waals surface area contributed by atoms with Gasteiger partial charge < -0.3 is 4.90 Å². The van der Waals surface area contributed by atoms with Crippen LogP contribution in [0.3, 0.4) is 0 Å². The van der Waals surface area contributed by atoms with Gasteiger partial charge in [0.1, 0.15) is 12.1 Å². The smallest absolute Gasteiger partial charge is 0.146 e. The van der Waals surface area contributed by atoms with E-state index in [4.69, 9.17) is 0 Å². The second-order valence-corrected chi connectivity index (χ2v) is 4.94. The van der Waals surface area contributed by atoms with Crippen molar-refractivity contribution in [2.45, 2.75) is 26.2 Å². The standard InChI is InChI=1S/C11H16BrN3/c1-2-5-15(7-9-3-4-9)11-10(12)6-13-8-14-11/h6,8-9H,2-5,7H2,1H3. The van der Waals surface area contributed by atoms with Gasteiger partial charge in [-0.1, -0.05) is 6.92 Å². The molecule has 0 N–H and O–H groups in total. The first kappa shape index (κ1) is 10.9. The molecule has 1 aromatic heterocycles. The van der Waals surface area contributed by atoms with Crippen molar-refractivity contribution in [2.24, 2.45) is 5.92 Å². The number of aromatic nitrogens is 2. The van der Waals surface area contributed by atoms with Crippen molar-refractivity contribution in [1.82, 2.24) is 9.97 Å². The van der Waals surface area contributed by atoms with E-state index < -0.39 is 0 Å². The number of rotatable bonds is 5. The number of hydrogen-bond acceptors (Lipinski definition) is 3. The topological polar surface area (TPSA) is 29.0 Å². The molecule has 0 amide bonds. The third kappa shape index (κ3) is 2.91. The Morgan fingerprint density at radius 3 is 2.93 bits per heavy atom. The molecule has 0 aliphatic heterocycles. The molecule has 1 fully saturated rings. The Hall–Kier alpha value is -0.640. The van der Waals surface area contributed by atoms with Crippen LogP contribution >= 0.6 is 15.9 Å². The Labute approximate surface area is 99.0 Å². The fourth-order valence-corrected chi connectivity index (χ4v) is 2.18. The van der Waals surface area contributed by atoms with Gasteiger partial charge in [-0.05, 0) is 41.1 Å². The number of halogens is 1. The van der Waals surface area contributed by atoms with Crippen LogP contribution in [0.5, 0.6) is 0 Å². The summed E-state index contributed by atoms with van der Waals surface area (Å²) in [4.78, 5) is 10.7. The zero-order chi connectivity index (χ0) is 10.7. The van der Waals surface area contributed by atoms with E-state index in [1.54, 1.807) is 6.33 Å². The largest absolute Gasteiger partial charge is 0.355 e. The maximum atomic E-state index is 4.35. The molecule has 0 spiro atoms. The molecule has 1 aromatic rings. The Morgan fingerprint density at radius 2 is 2.33 bits per heavy atom. The van der Waals surface area contributed by atoms with Crippen molar-refractivity contribution in [2.75, 3.05) is 18.0 Å². The summed E-state index contributed by atoms with van der Waals surface area (Å²) in [6, 6.07) is 0. The highest BCUT2D eigenvalue weighted by atomic mass is 79.9. The third-order valence-electron chi connectivity index (χ3n) is 2.62. The minimum atomic E-state index is 0.887. The van der Waals surface area contributed by atoms with Crippen molar-refractivity contribution in [3.63, 3.8) is 0 Å². The Kier molecular flexibility index (Phi) is 3.57. The number of hydrogen-bond donors (Lipinski definition) is 0. The molecule has 1 saturated carbocycles. The first-order valence-electron chi connectivity index (χ1n) is 5.51. The third-order valence-corrected chi connectivity index (χ3v) is 3.18. The van der Waals surface area contributed by atoms with Crippen LogP contribution in [0.25, 0.3) is 0 Å². The highest BCUT2D eigenvalue weighted by Crippen LogP contribution is 2.32. The van der Waals surface area contributed by atoms with Crippen molar-refractivity contribution < 1.29 is 0 Å². The summed E-state index contributed by atoms with van der Waals surface area (Å²) in [7, 11) is 0. The molecule has 1 aliphatic rings. The fraction of sp³-hybridized carbons (Fsp3) is 0.636. The minimum absolute atomic E-state index is 0.887. The van der Waals surface area contributed by atoms with Crippen LogP contribution in [0.2, 0.25) is 0 Å². The normalized spacial score (nSPS) is 15.3. The number of anilines is 1. The van der Waals surface area contributed by atoms with Crippen LogP contribution in [0.4, 0.5) is 5.82 Å². The highest BCUT2D eigenvalue weighted by molar-refractivity contribution is 9.10. The summed E-state index contributed by atoms with van der Waals surface area (Å²) in [5.41, 5.74) is 0. The van der Waals surface area contributed by atoms with Gasteiger partial charge in [0.25, 0.3) is 0 Å².